The zero-order chi connectivity index (χ0) is 20.8. The molecule has 3 rings (SSSR count). The molecule has 3 aromatic rings. The molecular formula is C22H22BrN3O3. The van der Waals surface area contributed by atoms with Crippen LogP contribution in [0.15, 0.2) is 63.9 Å². The molecule has 0 fully saturated rings. The van der Waals surface area contributed by atoms with Crippen LogP contribution in [0.25, 0.3) is 11.4 Å². The molecule has 0 unspecified atom stereocenters. The number of benzene rings is 2. The summed E-state index contributed by atoms with van der Waals surface area (Å²) in [5.41, 5.74) is 2.39. The molecule has 0 saturated heterocycles. The Kier molecular flexibility index (Phi) is 6.95. The van der Waals surface area contributed by atoms with Gasteiger partial charge in [0.2, 0.25) is 5.91 Å². The van der Waals surface area contributed by atoms with E-state index < -0.39 is 0 Å². The summed E-state index contributed by atoms with van der Waals surface area (Å²) in [6.45, 7) is 1.80. The number of hydrogen-bond acceptors (Lipinski definition) is 4. The second kappa shape index (κ2) is 9.62. The van der Waals surface area contributed by atoms with Crippen LogP contribution in [0.1, 0.15) is 16.8 Å². The number of halogens is 1. The van der Waals surface area contributed by atoms with Crippen LogP contribution in [0.4, 0.5) is 0 Å². The van der Waals surface area contributed by atoms with Crippen LogP contribution in [0.5, 0.6) is 0 Å². The van der Waals surface area contributed by atoms with Gasteiger partial charge in [0.1, 0.15) is 12.4 Å². The van der Waals surface area contributed by atoms with Crippen molar-refractivity contribution < 1.29 is 9.90 Å². The lowest BCUT2D eigenvalue weighted by Crippen LogP contribution is -2.35. The summed E-state index contributed by atoms with van der Waals surface area (Å²) in [6.07, 6.45) is 0.201. The molecule has 0 spiro atoms. The normalized spacial score (nSPS) is 10.7. The van der Waals surface area contributed by atoms with Crippen LogP contribution >= 0.6 is 15.9 Å². The van der Waals surface area contributed by atoms with Crippen LogP contribution in [-0.2, 0) is 24.3 Å². The second-order valence-corrected chi connectivity index (χ2v) is 7.55. The zero-order valence-corrected chi connectivity index (χ0v) is 17.6. The Labute approximate surface area is 177 Å². The lowest BCUT2D eigenvalue weighted by atomic mass is 10.1. The zero-order valence-electron chi connectivity index (χ0n) is 16.1. The van der Waals surface area contributed by atoms with Crippen LogP contribution in [-0.4, -0.2) is 27.2 Å². The molecule has 0 saturated carbocycles. The first-order valence-electron chi connectivity index (χ1n) is 9.27. The first-order valence-corrected chi connectivity index (χ1v) is 10.1. The van der Waals surface area contributed by atoms with E-state index in [-0.39, 0.29) is 31.0 Å². The SMILES string of the molecule is Cc1nc(-c2ccccc2)n(CC(=O)NCc2cccc(Br)c2)c(=O)c1CCO. The third-order valence-corrected chi connectivity index (χ3v) is 5.04. The third-order valence-electron chi connectivity index (χ3n) is 4.54. The minimum Gasteiger partial charge on any atom is -0.396 e. The Morgan fingerprint density at radius 1 is 1.17 bits per heavy atom. The molecule has 6 nitrogen and oxygen atoms in total. The van der Waals surface area contributed by atoms with Gasteiger partial charge in [-0.2, -0.15) is 0 Å². The molecule has 0 aliphatic heterocycles. The molecule has 150 valence electrons. The molecular weight excluding hydrogens is 434 g/mol. The van der Waals surface area contributed by atoms with Gasteiger partial charge in [0.05, 0.1) is 0 Å². The van der Waals surface area contributed by atoms with Gasteiger partial charge in [-0.3, -0.25) is 14.2 Å². The Morgan fingerprint density at radius 3 is 2.62 bits per heavy atom. The van der Waals surface area contributed by atoms with E-state index in [0.29, 0.717) is 23.6 Å². The predicted molar refractivity (Wildman–Crippen MR) is 115 cm³/mol. The first kappa shape index (κ1) is 21.0. The summed E-state index contributed by atoms with van der Waals surface area (Å²) in [5, 5.41) is 12.2. The van der Waals surface area contributed by atoms with Crippen molar-refractivity contribution in [1.82, 2.24) is 14.9 Å². The van der Waals surface area contributed by atoms with Gasteiger partial charge in [-0.05, 0) is 24.6 Å². The van der Waals surface area contributed by atoms with Crippen molar-refractivity contribution >= 4 is 21.8 Å². The van der Waals surface area contributed by atoms with Crippen molar-refractivity contribution in [3.63, 3.8) is 0 Å². The number of nitrogens with one attached hydrogen (secondary N) is 1. The number of rotatable bonds is 7. The molecule has 1 aromatic heterocycles. The van der Waals surface area contributed by atoms with E-state index in [1.807, 2.05) is 54.6 Å². The Hall–Kier alpha value is -2.77. The van der Waals surface area contributed by atoms with Crippen LogP contribution in [0, 0.1) is 6.92 Å². The molecule has 0 bridgehead atoms. The second-order valence-electron chi connectivity index (χ2n) is 6.64. The van der Waals surface area contributed by atoms with Crippen molar-refractivity contribution in [2.45, 2.75) is 26.4 Å². The maximum absolute atomic E-state index is 13.1. The van der Waals surface area contributed by atoms with Gasteiger partial charge in [0, 0.05) is 40.9 Å². The van der Waals surface area contributed by atoms with Gasteiger partial charge in [0.15, 0.2) is 0 Å². The van der Waals surface area contributed by atoms with Crippen molar-refractivity contribution in [3.05, 3.63) is 86.2 Å². The van der Waals surface area contributed by atoms with Crippen molar-refractivity contribution in [2.75, 3.05) is 6.61 Å². The van der Waals surface area contributed by atoms with E-state index in [2.05, 4.69) is 26.2 Å². The van der Waals surface area contributed by atoms with E-state index in [1.165, 1.54) is 4.57 Å². The molecule has 0 aliphatic carbocycles. The van der Waals surface area contributed by atoms with E-state index in [1.54, 1.807) is 6.92 Å². The number of aliphatic hydroxyl groups is 1. The highest BCUT2D eigenvalue weighted by Crippen LogP contribution is 2.17. The lowest BCUT2D eigenvalue weighted by molar-refractivity contribution is -0.121. The molecule has 7 heteroatoms. The fourth-order valence-corrected chi connectivity index (χ4v) is 3.55. The Bertz CT molecular complexity index is 1060. The molecule has 2 aromatic carbocycles. The summed E-state index contributed by atoms with van der Waals surface area (Å²) in [7, 11) is 0. The molecule has 0 aliphatic rings. The molecule has 1 amide bonds. The number of aryl methyl sites for hydroxylation is 1. The summed E-state index contributed by atoms with van der Waals surface area (Å²) < 4.78 is 2.31. The number of aromatic nitrogens is 2. The third kappa shape index (κ3) is 5.19. The Balaban J connectivity index is 1.90. The predicted octanol–water partition coefficient (Wildman–Crippen LogP) is 2.83. The van der Waals surface area contributed by atoms with Gasteiger partial charge in [0.25, 0.3) is 5.56 Å². The minimum atomic E-state index is -0.303. The van der Waals surface area contributed by atoms with Crippen LogP contribution in [0.3, 0.4) is 0 Å². The van der Waals surface area contributed by atoms with Crippen LogP contribution < -0.4 is 10.9 Å². The molecule has 29 heavy (non-hydrogen) atoms. The van der Waals surface area contributed by atoms with E-state index in [4.69, 9.17) is 0 Å². The summed E-state index contributed by atoms with van der Waals surface area (Å²) in [6, 6.07) is 16.9. The maximum atomic E-state index is 13.1. The van der Waals surface area contributed by atoms with Gasteiger partial charge >= 0.3 is 0 Å². The highest BCUT2D eigenvalue weighted by Gasteiger charge is 2.17. The molecule has 0 atom stereocenters. The summed E-state index contributed by atoms with van der Waals surface area (Å²) >= 11 is 3.41. The minimum absolute atomic E-state index is 0.150. The standard InChI is InChI=1S/C22H22BrN3O3/c1-15-19(10-11-27)22(29)26(21(25-15)17-7-3-2-4-8-17)14-20(28)24-13-16-6-5-9-18(23)12-16/h2-9,12,27H,10-11,13-14H2,1H3,(H,24,28). The topological polar surface area (TPSA) is 84.2 Å². The average Bonchev–Trinajstić information content (AvgIpc) is 2.72. The van der Waals surface area contributed by atoms with Gasteiger partial charge in [-0.1, -0.05) is 58.4 Å². The van der Waals surface area contributed by atoms with E-state index >= 15 is 0 Å². The molecule has 0 radical (unpaired) electrons. The monoisotopic (exact) mass is 455 g/mol. The summed E-state index contributed by atoms with van der Waals surface area (Å²) in [4.78, 5) is 30.2. The Morgan fingerprint density at radius 2 is 1.93 bits per heavy atom. The quantitative estimate of drug-likeness (QED) is 0.573. The van der Waals surface area contributed by atoms with E-state index in [0.717, 1.165) is 15.6 Å². The first-order chi connectivity index (χ1) is 14.0. The number of carbonyl (C=O) groups is 1. The van der Waals surface area contributed by atoms with Crippen LogP contribution in [0.2, 0.25) is 0 Å². The van der Waals surface area contributed by atoms with Gasteiger partial charge in [-0.25, -0.2) is 4.98 Å². The average molecular weight is 456 g/mol. The van der Waals surface area contributed by atoms with Crippen molar-refractivity contribution in [2.24, 2.45) is 0 Å². The fourth-order valence-electron chi connectivity index (χ4n) is 3.10. The van der Waals surface area contributed by atoms with E-state index in [9.17, 15) is 14.7 Å². The maximum Gasteiger partial charge on any atom is 0.257 e. The number of carbonyl (C=O) groups excluding carboxylic acids is 1. The number of hydrogen-bond donors (Lipinski definition) is 2. The molecule has 2 N–H and O–H groups in total. The van der Waals surface area contributed by atoms with Gasteiger partial charge in [-0.15, -0.1) is 0 Å². The van der Waals surface area contributed by atoms with Crippen molar-refractivity contribution in [1.29, 1.82) is 0 Å². The fraction of sp³-hybridized carbons (Fsp3) is 0.227. The lowest BCUT2D eigenvalue weighted by Gasteiger charge is -2.16. The largest absolute Gasteiger partial charge is 0.396 e. The van der Waals surface area contributed by atoms with Gasteiger partial charge < -0.3 is 10.4 Å². The number of aliphatic hydroxyl groups excluding tert-OH is 1. The highest BCUT2D eigenvalue weighted by molar-refractivity contribution is 9.10. The van der Waals surface area contributed by atoms with Crippen molar-refractivity contribution in [3.8, 4) is 11.4 Å². The smallest absolute Gasteiger partial charge is 0.257 e. The number of nitrogens with zero attached hydrogens (tertiary/aromatic N) is 2. The number of amides is 1. The summed E-state index contributed by atoms with van der Waals surface area (Å²) in [5.74, 6) is 0.150. The molecule has 1 heterocycles. The highest BCUT2D eigenvalue weighted by atomic mass is 79.9.